The lowest BCUT2D eigenvalue weighted by Gasteiger charge is -1.98. The van der Waals surface area contributed by atoms with Crippen molar-refractivity contribution in [2.45, 2.75) is 10.1 Å². The molecule has 0 aromatic carbocycles. The van der Waals surface area contributed by atoms with Gasteiger partial charge in [0, 0.05) is 23.4 Å². The van der Waals surface area contributed by atoms with Gasteiger partial charge in [0.25, 0.3) is 5.56 Å². The zero-order valence-electron chi connectivity index (χ0n) is 8.94. The first-order valence-corrected chi connectivity index (χ1v) is 7.58. The van der Waals surface area contributed by atoms with Gasteiger partial charge in [0.2, 0.25) is 5.13 Å². The Morgan fingerprint density at radius 1 is 1.44 bits per heavy atom. The molecule has 0 atom stereocenters. The first kappa shape index (κ1) is 11.6. The summed E-state index contributed by atoms with van der Waals surface area (Å²) in [5.41, 5.74) is 6.17. The molecule has 92 valence electrons. The average molecular weight is 297 g/mol. The first-order valence-electron chi connectivity index (χ1n) is 4.90. The van der Waals surface area contributed by atoms with Crippen molar-refractivity contribution >= 4 is 44.5 Å². The van der Waals surface area contributed by atoms with Gasteiger partial charge in [-0.25, -0.2) is 4.98 Å². The fourth-order valence-corrected chi connectivity index (χ4v) is 3.64. The molecule has 0 aliphatic heterocycles. The van der Waals surface area contributed by atoms with Crippen molar-refractivity contribution in [1.82, 2.24) is 19.6 Å². The van der Waals surface area contributed by atoms with Crippen LogP contribution in [-0.2, 0) is 5.75 Å². The van der Waals surface area contributed by atoms with Gasteiger partial charge >= 0.3 is 0 Å². The molecule has 0 saturated heterocycles. The molecule has 2 N–H and O–H groups in total. The topological polar surface area (TPSA) is 86.2 Å². The quantitative estimate of drug-likeness (QED) is 0.737. The molecule has 3 aromatic rings. The van der Waals surface area contributed by atoms with Crippen LogP contribution >= 0.6 is 34.4 Å². The number of rotatable bonds is 3. The molecule has 3 rings (SSSR count). The molecular formula is C9H7N5OS3. The highest BCUT2D eigenvalue weighted by Gasteiger charge is 2.06. The smallest absolute Gasteiger partial charge is 0.258 e. The normalized spacial score (nSPS) is 11.1. The van der Waals surface area contributed by atoms with Crippen molar-refractivity contribution in [3.8, 4) is 0 Å². The number of aromatic nitrogens is 4. The second kappa shape index (κ2) is 4.67. The summed E-state index contributed by atoms with van der Waals surface area (Å²) >= 11 is 4.24. The third-order valence-corrected chi connectivity index (χ3v) is 4.80. The van der Waals surface area contributed by atoms with Crippen LogP contribution in [0.1, 0.15) is 5.69 Å². The molecule has 0 saturated carbocycles. The molecule has 0 aliphatic carbocycles. The molecule has 0 spiro atoms. The number of thiazole rings is 1. The van der Waals surface area contributed by atoms with Gasteiger partial charge in [-0.05, 0) is 0 Å². The first-order chi connectivity index (χ1) is 8.72. The number of nitrogens with two attached hydrogens (primary N) is 1. The predicted molar refractivity (Wildman–Crippen MR) is 73.2 cm³/mol. The molecule has 9 heteroatoms. The van der Waals surface area contributed by atoms with Crippen LogP contribution in [0.4, 0.5) is 5.13 Å². The van der Waals surface area contributed by atoms with E-state index in [0.29, 0.717) is 15.8 Å². The Morgan fingerprint density at radius 3 is 3.11 bits per heavy atom. The van der Waals surface area contributed by atoms with Crippen LogP contribution in [0, 0.1) is 0 Å². The number of fused-ring (bicyclic) bond motifs is 1. The summed E-state index contributed by atoms with van der Waals surface area (Å²) in [7, 11) is 0. The molecule has 0 amide bonds. The number of hydrogen-bond acceptors (Lipinski definition) is 8. The molecule has 0 bridgehead atoms. The molecule has 18 heavy (non-hydrogen) atoms. The highest BCUT2D eigenvalue weighted by Crippen LogP contribution is 2.26. The van der Waals surface area contributed by atoms with Crippen LogP contribution in [0.2, 0.25) is 0 Å². The average Bonchev–Trinajstić information content (AvgIpc) is 2.95. The van der Waals surface area contributed by atoms with Crippen molar-refractivity contribution < 1.29 is 0 Å². The van der Waals surface area contributed by atoms with E-state index in [9.17, 15) is 4.79 Å². The van der Waals surface area contributed by atoms with Crippen LogP contribution < -0.4 is 11.3 Å². The van der Waals surface area contributed by atoms with Crippen molar-refractivity contribution in [2.75, 3.05) is 5.73 Å². The third-order valence-electron chi connectivity index (χ3n) is 2.12. The second-order valence-corrected chi connectivity index (χ2v) is 6.44. The van der Waals surface area contributed by atoms with E-state index in [1.807, 2.05) is 5.38 Å². The van der Waals surface area contributed by atoms with Gasteiger partial charge in [0.15, 0.2) is 9.30 Å². The predicted octanol–water partition coefficient (Wildman–Crippen LogP) is 1.48. The van der Waals surface area contributed by atoms with E-state index >= 15 is 0 Å². The van der Waals surface area contributed by atoms with Crippen LogP contribution in [0.3, 0.4) is 0 Å². The Morgan fingerprint density at radius 2 is 2.33 bits per heavy atom. The second-order valence-electron chi connectivity index (χ2n) is 3.34. The van der Waals surface area contributed by atoms with E-state index < -0.39 is 0 Å². The summed E-state index contributed by atoms with van der Waals surface area (Å²) < 4.78 is 2.31. The fourth-order valence-electron chi connectivity index (χ4n) is 1.38. The zero-order valence-corrected chi connectivity index (χ0v) is 11.4. The molecule has 0 fully saturated rings. The summed E-state index contributed by atoms with van der Waals surface area (Å²) in [4.78, 5) is 16.9. The van der Waals surface area contributed by atoms with Crippen LogP contribution in [-0.4, -0.2) is 19.6 Å². The fraction of sp³-hybridized carbons (Fsp3) is 0.111. The maximum atomic E-state index is 11.8. The summed E-state index contributed by atoms with van der Waals surface area (Å²) in [6, 6.07) is 1.54. The third kappa shape index (κ3) is 2.24. The summed E-state index contributed by atoms with van der Waals surface area (Å²) in [6.45, 7) is 0. The van der Waals surface area contributed by atoms with Gasteiger partial charge in [-0.2, -0.15) is 0 Å². The summed E-state index contributed by atoms with van der Waals surface area (Å²) in [6.07, 6.45) is 1.72. The van der Waals surface area contributed by atoms with Gasteiger partial charge in [-0.15, -0.1) is 21.5 Å². The van der Waals surface area contributed by atoms with E-state index in [-0.39, 0.29) is 5.56 Å². The Hall–Kier alpha value is -1.45. The Bertz CT molecular complexity index is 746. The maximum absolute atomic E-state index is 11.8. The van der Waals surface area contributed by atoms with E-state index in [1.54, 1.807) is 6.20 Å². The van der Waals surface area contributed by atoms with E-state index in [1.165, 1.54) is 44.9 Å². The minimum Gasteiger partial charge on any atom is -0.374 e. The Balaban J connectivity index is 1.84. The van der Waals surface area contributed by atoms with Gasteiger partial charge in [-0.3, -0.25) is 9.20 Å². The van der Waals surface area contributed by atoms with Crippen LogP contribution in [0.15, 0.2) is 26.8 Å². The van der Waals surface area contributed by atoms with E-state index in [4.69, 9.17) is 5.73 Å². The number of hydrogen-bond donors (Lipinski definition) is 1. The summed E-state index contributed by atoms with van der Waals surface area (Å²) in [5, 5.41) is 9.92. The zero-order chi connectivity index (χ0) is 12.5. The van der Waals surface area contributed by atoms with Crippen molar-refractivity contribution in [3.05, 3.63) is 33.7 Å². The lowest BCUT2D eigenvalue weighted by molar-refractivity contribution is 1.01. The van der Waals surface area contributed by atoms with Crippen molar-refractivity contribution in [2.24, 2.45) is 0 Å². The molecule has 3 heterocycles. The van der Waals surface area contributed by atoms with Crippen molar-refractivity contribution in [3.63, 3.8) is 0 Å². The van der Waals surface area contributed by atoms with Crippen LogP contribution in [0.25, 0.3) is 4.96 Å². The lowest BCUT2D eigenvalue weighted by atomic mass is 10.4. The largest absolute Gasteiger partial charge is 0.374 e. The summed E-state index contributed by atoms with van der Waals surface area (Å²) in [5.74, 6) is 0.582. The SMILES string of the molecule is Nc1nnc(SCc2cc(=O)n3ccsc3n2)s1. The minimum absolute atomic E-state index is 0.0615. The number of anilines is 1. The number of nitrogen functional groups attached to an aromatic ring is 1. The lowest BCUT2D eigenvalue weighted by Crippen LogP contribution is -2.12. The monoisotopic (exact) mass is 297 g/mol. The molecule has 3 aromatic heterocycles. The van der Waals surface area contributed by atoms with Gasteiger partial charge < -0.3 is 5.73 Å². The van der Waals surface area contributed by atoms with Crippen molar-refractivity contribution in [1.29, 1.82) is 0 Å². The van der Waals surface area contributed by atoms with Crippen LogP contribution in [0.5, 0.6) is 0 Å². The highest BCUT2D eigenvalue weighted by atomic mass is 32.2. The Kier molecular flexibility index (Phi) is 3.02. The molecule has 0 aliphatic rings. The van der Waals surface area contributed by atoms with E-state index in [0.717, 1.165) is 10.0 Å². The van der Waals surface area contributed by atoms with Gasteiger partial charge in [0.05, 0.1) is 5.69 Å². The molecular weight excluding hydrogens is 290 g/mol. The standard InChI is InChI=1S/C9H7N5OS3/c10-7-12-13-9(18-7)17-4-5-3-6(15)14-1-2-16-8(14)11-5/h1-3H,4H2,(H2,10,12). The maximum Gasteiger partial charge on any atom is 0.258 e. The minimum atomic E-state index is -0.0615. The number of nitrogens with zero attached hydrogens (tertiary/aromatic N) is 4. The highest BCUT2D eigenvalue weighted by molar-refractivity contribution is 8.00. The molecule has 6 nitrogen and oxygen atoms in total. The molecule has 0 unspecified atom stereocenters. The van der Waals surface area contributed by atoms with Gasteiger partial charge in [0.1, 0.15) is 0 Å². The van der Waals surface area contributed by atoms with Gasteiger partial charge in [-0.1, -0.05) is 23.1 Å². The Labute approximate surface area is 114 Å². The van der Waals surface area contributed by atoms with E-state index in [2.05, 4.69) is 15.2 Å². The number of thioether (sulfide) groups is 1. The molecule has 0 radical (unpaired) electrons.